The topological polar surface area (TPSA) is 15.3 Å². The van der Waals surface area contributed by atoms with E-state index in [1.165, 1.54) is 18.4 Å². The maximum Gasteiger partial charge on any atom is 0.0409 e. The van der Waals surface area contributed by atoms with Crippen molar-refractivity contribution in [1.29, 1.82) is 0 Å². The third kappa shape index (κ3) is 3.25. The van der Waals surface area contributed by atoms with Crippen LogP contribution < -0.4 is 5.32 Å². The van der Waals surface area contributed by atoms with E-state index < -0.39 is 0 Å². The molecule has 2 atom stereocenters. The first-order valence-corrected chi connectivity index (χ1v) is 7.28. The number of hydrogen-bond donors (Lipinski definition) is 1. The summed E-state index contributed by atoms with van der Waals surface area (Å²) in [5.41, 5.74) is 1.33. The lowest BCUT2D eigenvalue weighted by Gasteiger charge is -2.37. The third-order valence-corrected chi connectivity index (χ3v) is 4.19. The lowest BCUT2D eigenvalue weighted by atomic mass is 9.98. The van der Waals surface area contributed by atoms with Gasteiger partial charge in [0.2, 0.25) is 0 Å². The Kier molecular flexibility index (Phi) is 5.04. The van der Waals surface area contributed by atoms with Gasteiger partial charge in [-0.25, -0.2) is 0 Å². The molecule has 3 heteroatoms. The fourth-order valence-corrected chi connectivity index (χ4v) is 3.11. The quantitative estimate of drug-likeness (QED) is 0.898. The van der Waals surface area contributed by atoms with Gasteiger partial charge < -0.3 is 5.32 Å². The summed E-state index contributed by atoms with van der Waals surface area (Å²) >= 11 is 6.11. The van der Waals surface area contributed by atoms with Gasteiger partial charge in [0.1, 0.15) is 0 Å². The van der Waals surface area contributed by atoms with E-state index in [1.807, 2.05) is 12.1 Å². The van der Waals surface area contributed by atoms with Crippen LogP contribution in [0.2, 0.25) is 5.02 Å². The Labute approximate surface area is 115 Å². The maximum absolute atomic E-state index is 6.11. The molecule has 0 amide bonds. The number of halogens is 1. The first-order valence-electron chi connectivity index (χ1n) is 6.90. The molecule has 1 N–H and O–H groups in total. The van der Waals surface area contributed by atoms with Crippen molar-refractivity contribution in [2.24, 2.45) is 0 Å². The van der Waals surface area contributed by atoms with Gasteiger partial charge >= 0.3 is 0 Å². The van der Waals surface area contributed by atoms with Gasteiger partial charge in [-0.2, -0.15) is 0 Å². The van der Waals surface area contributed by atoms with Crippen LogP contribution in [0.25, 0.3) is 0 Å². The molecule has 2 rings (SSSR count). The number of hydrogen-bond acceptors (Lipinski definition) is 2. The van der Waals surface area contributed by atoms with Crippen LogP contribution in [0.4, 0.5) is 0 Å². The van der Waals surface area contributed by atoms with Crippen LogP contribution in [0.1, 0.15) is 37.8 Å². The Bertz CT molecular complexity index is 375. The standard InChI is InChI=1S/C15H23ClN2/c1-3-15(12-6-4-7-13(16)10-12)18(2)14-8-5-9-17-11-14/h4,6-7,10,14-15,17H,3,5,8-9,11H2,1-2H3. The zero-order valence-electron chi connectivity index (χ0n) is 11.3. The third-order valence-electron chi connectivity index (χ3n) is 3.96. The van der Waals surface area contributed by atoms with Crippen molar-refractivity contribution in [2.75, 3.05) is 20.1 Å². The molecule has 1 heterocycles. The first kappa shape index (κ1) is 13.9. The lowest BCUT2D eigenvalue weighted by Crippen LogP contribution is -2.45. The molecule has 100 valence electrons. The Morgan fingerprint density at radius 3 is 2.94 bits per heavy atom. The number of nitrogens with zero attached hydrogens (tertiary/aromatic N) is 1. The molecule has 0 radical (unpaired) electrons. The largest absolute Gasteiger partial charge is 0.315 e. The minimum atomic E-state index is 0.466. The van der Waals surface area contributed by atoms with Gasteiger partial charge in [0.25, 0.3) is 0 Å². The van der Waals surface area contributed by atoms with Crippen LogP contribution in [-0.4, -0.2) is 31.1 Å². The predicted molar refractivity (Wildman–Crippen MR) is 78.1 cm³/mol. The molecule has 1 aromatic carbocycles. The second kappa shape index (κ2) is 6.55. The number of nitrogens with one attached hydrogen (secondary N) is 1. The molecule has 1 fully saturated rings. The van der Waals surface area contributed by atoms with Crippen LogP contribution >= 0.6 is 11.6 Å². The van der Waals surface area contributed by atoms with E-state index in [9.17, 15) is 0 Å². The van der Waals surface area contributed by atoms with Gasteiger partial charge in [-0.1, -0.05) is 30.7 Å². The zero-order chi connectivity index (χ0) is 13.0. The molecule has 0 aliphatic carbocycles. The van der Waals surface area contributed by atoms with Crippen molar-refractivity contribution in [3.05, 3.63) is 34.9 Å². The Hall–Kier alpha value is -0.570. The van der Waals surface area contributed by atoms with Crippen molar-refractivity contribution in [2.45, 2.75) is 38.3 Å². The van der Waals surface area contributed by atoms with E-state index >= 15 is 0 Å². The molecular formula is C15H23ClN2. The van der Waals surface area contributed by atoms with Gasteiger partial charge in [0.15, 0.2) is 0 Å². The van der Waals surface area contributed by atoms with Gasteiger partial charge in [0.05, 0.1) is 0 Å². The number of rotatable bonds is 4. The summed E-state index contributed by atoms with van der Waals surface area (Å²) in [7, 11) is 2.24. The lowest BCUT2D eigenvalue weighted by molar-refractivity contribution is 0.143. The van der Waals surface area contributed by atoms with Crippen LogP contribution in [0.5, 0.6) is 0 Å². The predicted octanol–water partition coefficient (Wildman–Crippen LogP) is 3.47. The fraction of sp³-hybridized carbons (Fsp3) is 0.600. The molecule has 0 saturated carbocycles. The Balaban J connectivity index is 2.11. The number of benzene rings is 1. The van der Waals surface area contributed by atoms with Crippen LogP contribution in [0.3, 0.4) is 0 Å². The van der Waals surface area contributed by atoms with Gasteiger partial charge in [0, 0.05) is 23.7 Å². The highest BCUT2D eigenvalue weighted by Crippen LogP contribution is 2.28. The molecular weight excluding hydrogens is 244 g/mol. The molecule has 18 heavy (non-hydrogen) atoms. The summed E-state index contributed by atoms with van der Waals surface area (Å²) in [6.45, 7) is 4.52. The van der Waals surface area contributed by atoms with E-state index in [4.69, 9.17) is 11.6 Å². The van der Waals surface area contributed by atoms with Gasteiger partial charge in [-0.3, -0.25) is 4.90 Å². The van der Waals surface area contributed by atoms with Gasteiger partial charge in [-0.05, 0) is 50.6 Å². The summed E-state index contributed by atoms with van der Waals surface area (Å²) in [6.07, 6.45) is 3.69. The zero-order valence-corrected chi connectivity index (χ0v) is 12.1. The fourth-order valence-electron chi connectivity index (χ4n) is 2.91. The van der Waals surface area contributed by atoms with E-state index in [1.54, 1.807) is 0 Å². The van der Waals surface area contributed by atoms with Crippen molar-refractivity contribution in [1.82, 2.24) is 10.2 Å². The minimum absolute atomic E-state index is 0.466. The highest BCUT2D eigenvalue weighted by molar-refractivity contribution is 6.30. The van der Waals surface area contributed by atoms with Crippen LogP contribution in [0.15, 0.2) is 24.3 Å². The second-order valence-corrected chi connectivity index (χ2v) is 5.58. The van der Waals surface area contributed by atoms with Crippen molar-refractivity contribution in [3.63, 3.8) is 0 Å². The average Bonchev–Trinajstić information content (AvgIpc) is 2.40. The highest BCUT2D eigenvalue weighted by Gasteiger charge is 2.24. The van der Waals surface area contributed by atoms with Crippen molar-refractivity contribution >= 4 is 11.6 Å². The monoisotopic (exact) mass is 266 g/mol. The molecule has 1 saturated heterocycles. The Morgan fingerprint density at radius 2 is 2.33 bits per heavy atom. The minimum Gasteiger partial charge on any atom is -0.315 e. The highest BCUT2D eigenvalue weighted by atomic mass is 35.5. The van der Waals surface area contributed by atoms with E-state index in [0.29, 0.717) is 12.1 Å². The first-order chi connectivity index (χ1) is 8.72. The summed E-state index contributed by atoms with van der Waals surface area (Å²) in [5, 5.41) is 4.32. The molecule has 0 spiro atoms. The maximum atomic E-state index is 6.11. The van der Waals surface area contributed by atoms with E-state index in [0.717, 1.165) is 24.5 Å². The van der Waals surface area contributed by atoms with E-state index in [2.05, 4.69) is 36.3 Å². The molecule has 2 unspecified atom stereocenters. The van der Waals surface area contributed by atoms with Gasteiger partial charge in [-0.15, -0.1) is 0 Å². The molecule has 0 aromatic heterocycles. The summed E-state index contributed by atoms with van der Waals surface area (Å²) in [4.78, 5) is 2.51. The van der Waals surface area contributed by atoms with Crippen molar-refractivity contribution in [3.8, 4) is 0 Å². The molecule has 2 nitrogen and oxygen atoms in total. The van der Waals surface area contributed by atoms with Crippen LogP contribution in [0, 0.1) is 0 Å². The SMILES string of the molecule is CCC(c1cccc(Cl)c1)N(C)C1CCCNC1. The average molecular weight is 267 g/mol. The molecule has 1 aliphatic heterocycles. The van der Waals surface area contributed by atoms with E-state index in [-0.39, 0.29) is 0 Å². The molecule has 0 bridgehead atoms. The normalized spacial score (nSPS) is 22.1. The second-order valence-electron chi connectivity index (χ2n) is 5.14. The van der Waals surface area contributed by atoms with Crippen LogP contribution in [-0.2, 0) is 0 Å². The summed E-state index contributed by atoms with van der Waals surface area (Å²) in [6, 6.07) is 9.39. The smallest absolute Gasteiger partial charge is 0.0409 e. The molecule has 1 aliphatic rings. The number of likely N-dealkylation sites (N-methyl/N-ethyl adjacent to an activating group) is 1. The number of piperidine rings is 1. The summed E-state index contributed by atoms with van der Waals surface area (Å²) in [5.74, 6) is 0. The van der Waals surface area contributed by atoms with Crippen molar-refractivity contribution < 1.29 is 0 Å². The summed E-state index contributed by atoms with van der Waals surface area (Å²) < 4.78 is 0. The Morgan fingerprint density at radius 1 is 1.50 bits per heavy atom. The molecule has 1 aromatic rings.